The first-order valence-corrected chi connectivity index (χ1v) is 10.9. The van der Waals surface area contributed by atoms with Gasteiger partial charge in [0.05, 0.1) is 6.67 Å². The monoisotopic (exact) mass is 397 g/mol. The fourth-order valence-electron chi connectivity index (χ4n) is 4.65. The number of benzene rings is 1. The van der Waals surface area contributed by atoms with Crippen LogP contribution in [0, 0.1) is 0 Å². The second kappa shape index (κ2) is 10.1. The standard InChI is InChI=1S/C25H36FN3/c1-5-24(9-7-19(2)27-4)29-18-23-17-22(8-10-25(23)20(29)3)21-11-15-28(16-12-21)14-6-13-26/h5,8,10,17,21,24,27H,1-3,6-7,9,11-16,18H2,4H3. The van der Waals surface area contributed by atoms with Crippen LogP contribution in [-0.2, 0) is 6.54 Å². The molecule has 0 spiro atoms. The van der Waals surface area contributed by atoms with E-state index in [0.717, 1.165) is 63.3 Å². The molecule has 2 heterocycles. The Bertz CT molecular complexity index is 734. The number of halogens is 1. The number of nitrogens with one attached hydrogen (secondary N) is 1. The van der Waals surface area contributed by atoms with Gasteiger partial charge in [-0.1, -0.05) is 37.4 Å². The van der Waals surface area contributed by atoms with Crippen molar-refractivity contribution < 1.29 is 4.39 Å². The molecule has 29 heavy (non-hydrogen) atoms. The first kappa shape index (κ1) is 21.6. The lowest BCUT2D eigenvalue weighted by Crippen LogP contribution is -2.33. The van der Waals surface area contributed by atoms with Crippen molar-refractivity contribution in [3.8, 4) is 0 Å². The van der Waals surface area contributed by atoms with E-state index in [1.807, 2.05) is 13.1 Å². The summed E-state index contributed by atoms with van der Waals surface area (Å²) in [6.45, 7) is 16.2. The van der Waals surface area contributed by atoms with Crippen molar-refractivity contribution in [1.29, 1.82) is 0 Å². The largest absolute Gasteiger partial charge is 0.392 e. The molecule has 1 unspecified atom stereocenters. The molecule has 0 aromatic heterocycles. The molecule has 0 bridgehead atoms. The Hall–Kier alpha value is -2.07. The molecule has 1 N–H and O–H groups in total. The Balaban J connectivity index is 1.63. The average Bonchev–Trinajstić information content (AvgIpc) is 3.08. The van der Waals surface area contributed by atoms with Crippen molar-refractivity contribution >= 4 is 5.70 Å². The highest BCUT2D eigenvalue weighted by atomic mass is 19.1. The van der Waals surface area contributed by atoms with Crippen molar-refractivity contribution in [3.05, 3.63) is 66.4 Å². The predicted octanol–water partition coefficient (Wildman–Crippen LogP) is 5.08. The minimum absolute atomic E-state index is 0.208. The number of hydrogen-bond acceptors (Lipinski definition) is 3. The number of hydrogen-bond donors (Lipinski definition) is 1. The summed E-state index contributed by atoms with van der Waals surface area (Å²) in [7, 11) is 1.92. The van der Waals surface area contributed by atoms with Gasteiger partial charge in [0.25, 0.3) is 0 Å². The summed E-state index contributed by atoms with van der Waals surface area (Å²) in [4.78, 5) is 4.78. The molecule has 158 valence electrons. The zero-order valence-corrected chi connectivity index (χ0v) is 17.9. The highest BCUT2D eigenvalue weighted by Crippen LogP contribution is 2.38. The van der Waals surface area contributed by atoms with E-state index < -0.39 is 0 Å². The number of nitrogens with zero attached hydrogens (tertiary/aromatic N) is 2. The molecular formula is C25H36FN3. The zero-order valence-electron chi connectivity index (χ0n) is 17.9. The summed E-state index contributed by atoms with van der Waals surface area (Å²) in [5, 5.41) is 3.13. The molecule has 4 heteroatoms. The molecule has 1 fully saturated rings. The van der Waals surface area contributed by atoms with Crippen molar-refractivity contribution in [2.24, 2.45) is 0 Å². The molecule has 1 saturated heterocycles. The number of piperidine rings is 1. The van der Waals surface area contributed by atoms with E-state index in [4.69, 9.17) is 0 Å². The first-order valence-electron chi connectivity index (χ1n) is 10.9. The molecule has 0 amide bonds. The Kier molecular flexibility index (Phi) is 7.54. The van der Waals surface area contributed by atoms with Gasteiger partial charge in [-0.15, -0.1) is 6.58 Å². The normalized spacial score (nSPS) is 18.6. The lowest BCUT2D eigenvalue weighted by atomic mass is 9.87. The molecule has 3 rings (SSSR count). The van der Waals surface area contributed by atoms with Crippen molar-refractivity contribution in [2.75, 3.05) is 33.4 Å². The smallest absolute Gasteiger partial charge is 0.0906 e. The molecule has 1 atom stereocenters. The number of likely N-dealkylation sites (tertiary alicyclic amines) is 1. The van der Waals surface area contributed by atoms with E-state index >= 15 is 0 Å². The molecular weight excluding hydrogens is 361 g/mol. The summed E-state index contributed by atoms with van der Waals surface area (Å²) < 4.78 is 12.4. The molecule has 2 aliphatic heterocycles. The number of allylic oxidation sites excluding steroid dienone is 1. The Labute approximate surface area is 176 Å². The summed E-state index contributed by atoms with van der Waals surface area (Å²) in [5.74, 6) is 0.610. The molecule has 1 aromatic rings. The van der Waals surface area contributed by atoms with Crippen LogP contribution < -0.4 is 5.32 Å². The minimum Gasteiger partial charge on any atom is -0.392 e. The molecule has 2 aliphatic rings. The fraction of sp³-hybridized carbons (Fsp3) is 0.520. The highest BCUT2D eigenvalue weighted by Gasteiger charge is 2.28. The number of fused-ring (bicyclic) bond motifs is 1. The molecule has 1 aromatic carbocycles. The van der Waals surface area contributed by atoms with Crippen LogP contribution in [0.2, 0.25) is 0 Å². The van der Waals surface area contributed by atoms with E-state index in [1.54, 1.807) is 0 Å². The van der Waals surface area contributed by atoms with E-state index in [2.05, 4.69) is 53.1 Å². The zero-order chi connectivity index (χ0) is 20.8. The van der Waals surface area contributed by atoms with Gasteiger partial charge in [0.2, 0.25) is 0 Å². The van der Waals surface area contributed by atoms with Gasteiger partial charge in [0.1, 0.15) is 0 Å². The third-order valence-electron chi connectivity index (χ3n) is 6.56. The third-order valence-corrected chi connectivity index (χ3v) is 6.56. The van der Waals surface area contributed by atoms with E-state index in [9.17, 15) is 4.39 Å². The summed E-state index contributed by atoms with van der Waals surface area (Å²) >= 11 is 0. The van der Waals surface area contributed by atoms with Gasteiger partial charge >= 0.3 is 0 Å². The van der Waals surface area contributed by atoms with Gasteiger partial charge < -0.3 is 15.1 Å². The summed E-state index contributed by atoms with van der Waals surface area (Å²) in [5.41, 5.74) is 6.26. The Morgan fingerprint density at radius 3 is 2.76 bits per heavy atom. The third kappa shape index (κ3) is 5.11. The van der Waals surface area contributed by atoms with Crippen LogP contribution in [0.5, 0.6) is 0 Å². The number of alkyl halides is 1. The van der Waals surface area contributed by atoms with Crippen LogP contribution in [0.15, 0.2) is 49.7 Å². The van der Waals surface area contributed by atoms with Gasteiger partial charge in [0, 0.05) is 43.1 Å². The summed E-state index contributed by atoms with van der Waals surface area (Å²) in [6, 6.07) is 7.22. The molecule has 0 aliphatic carbocycles. The number of rotatable bonds is 10. The maximum absolute atomic E-state index is 12.4. The Morgan fingerprint density at radius 1 is 1.34 bits per heavy atom. The van der Waals surface area contributed by atoms with Crippen molar-refractivity contribution in [3.63, 3.8) is 0 Å². The van der Waals surface area contributed by atoms with Crippen LogP contribution in [0.1, 0.15) is 54.7 Å². The second-order valence-electron chi connectivity index (χ2n) is 8.34. The Morgan fingerprint density at radius 2 is 2.10 bits per heavy atom. The van der Waals surface area contributed by atoms with Gasteiger partial charge in [-0.3, -0.25) is 4.39 Å². The van der Waals surface area contributed by atoms with Crippen LogP contribution in [0.25, 0.3) is 5.70 Å². The lowest BCUT2D eigenvalue weighted by molar-refractivity contribution is 0.204. The van der Waals surface area contributed by atoms with Crippen LogP contribution >= 0.6 is 0 Å². The summed E-state index contributed by atoms with van der Waals surface area (Å²) in [6.07, 6.45) is 6.94. The van der Waals surface area contributed by atoms with Crippen molar-refractivity contribution in [2.45, 2.75) is 50.6 Å². The minimum atomic E-state index is -0.208. The molecule has 0 saturated carbocycles. The quantitative estimate of drug-likeness (QED) is 0.556. The maximum Gasteiger partial charge on any atom is 0.0906 e. The first-order chi connectivity index (χ1) is 14.1. The molecule has 3 nitrogen and oxygen atoms in total. The van der Waals surface area contributed by atoms with E-state index in [-0.39, 0.29) is 12.7 Å². The second-order valence-corrected chi connectivity index (χ2v) is 8.34. The van der Waals surface area contributed by atoms with Crippen LogP contribution in [0.4, 0.5) is 4.39 Å². The highest BCUT2D eigenvalue weighted by molar-refractivity contribution is 5.70. The topological polar surface area (TPSA) is 18.5 Å². The van der Waals surface area contributed by atoms with Crippen molar-refractivity contribution in [1.82, 2.24) is 15.1 Å². The SMILES string of the molecule is C=CC(CCC(=C)NC)N1Cc2cc(C3CCN(CCCF)CC3)ccc2C1=C. The van der Waals surface area contributed by atoms with Gasteiger partial charge in [-0.25, -0.2) is 0 Å². The van der Waals surface area contributed by atoms with Gasteiger partial charge in [0.15, 0.2) is 0 Å². The van der Waals surface area contributed by atoms with Crippen LogP contribution in [0.3, 0.4) is 0 Å². The van der Waals surface area contributed by atoms with Gasteiger partial charge in [-0.2, -0.15) is 0 Å². The van der Waals surface area contributed by atoms with Crippen LogP contribution in [-0.4, -0.2) is 49.2 Å². The maximum atomic E-state index is 12.4. The fourth-order valence-corrected chi connectivity index (χ4v) is 4.65. The molecule has 0 radical (unpaired) electrons. The van der Waals surface area contributed by atoms with E-state index in [1.165, 1.54) is 16.7 Å². The van der Waals surface area contributed by atoms with Gasteiger partial charge in [-0.05, 0) is 62.2 Å². The lowest BCUT2D eigenvalue weighted by Gasteiger charge is -2.32. The average molecular weight is 398 g/mol. The predicted molar refractivity (Wildman–Crippen MR) is 121 cm³/mol. The van der Waals surface area contributed by atoms with E-state index in [0.29, 0.717) is 12.3 Å².